The van der Waals surface area contributed by atoms with Gasteiger partial charge in [-0.15, -0.1) is 0 Å². The number of benzene rings is 3. The Labute approximate surface area is 227 Å². The molecule has 1 aliphatic rings. The van der Waals surface area contributed by atoms with Crippen molar-refractivity contribution >= 4 is 5.91 Å². The van der Waals surface area contributed by atoms with Crippen LogP contribution in [-0.4, -0.2) is 37.0 Å². The van der Waals surface area contributed by atoms with Gasteiger partial charge in [-0.05, 0) is 85.3 Å². The molecule has 1 heterocycles. The monoisotopic (exact) mass is 516 g/mol. The fourth-order valence-electron chi connectivity index (χ4n) is 5.21. The van der Waals surface area contributed by atoms with Gasteiger partial charge in [-0.25, -0.2) is 4.39 Å². The van der Waals surface area contributed by atoms with Gasteiger partial charge in [0.2, 0.25) is 0 Å². The predicted molar refractivity (Wildman–Crippen MR) is 152 cm³/mol. The molecule has 4 nitrogen and oxygen atoms in total. The van der Waals surface area contributed by atoms with Crippen molar-refractivity contribution in [2.45, 2.75) is 64.8 Å². The van der Waals surface area contributed by atoms with Crippen molar-refractivity contribution in [2.75, 3.05) is 26.2 Å². The third-order valence-electron chi connectivity index (χ3n) is 7.32. The van der Waals surface area contributed by atoms with Crippen LogP contribution in [0.1, 0.15) is 79.1 Å². The lowest BCUT2D eigenvalue weighted by molar-refractivity contribution is 0.0945. The average Bonchev–Trinajstić information content (AvgIpc) is 2.90. The summed E-state index contributed by atoms with van der Waals surface area (Å²) in [5.41, 5.74) is 4.17. The van der Waals surface area contributed by atoms with Crippen molar-refractivity contribution in [2.24, 2.45) is 0 Å². The first-order chi connectivity index (χ1) is 18.4. The van der Waals surface area contributed by atoms with E-state index in [2.05, 4.69) is 41.4 Å². The zero-order valence-corrected chi connectivity index (χ0v) is 23.1. The molecule has 1 N–H and O–H groups in total. The molecule has 0 atom stereocenters. The first-order valence-corrected chi connectivity index (χ1v) is 13.9. The van der Waals surface area contributed by atoms with Gasteiger partial charge in [0.1, 0.15) is 11.6 Å². The molecule has 0 spiro atoms. The molecule has 1 aliphatic heterocycles. The zero-order chi connectivity index (χ0) is 27.0. The molecule has 3 aromatic carbocycles. The van der Waals surface area contributed by atoms with Crippen LogP contribution in [-0.2, 0) is 18.4 Å². The van der Waals surface area contributed by atoms with E-state index in [-0.39, 0.29) is 11.7 Å². The second-order valence-corrected chi connectivity index (χ2v) is 11.1. The number of hydrogen-bond donors (Lipinski definition) is 1. The highest BCUT2D eigenvalue weighted by Gasteiger charge is 2.25. The van der Waals surface area contributed by atoms with Crippen LogP contribution in [0.2, 0.25) is 0 Å². The lowest BCUT2D eigenvalue weighted by atomic mass is 9.84. The van der Waals surface area contributed by atoms with Crippen molar-refractivity contribution in [3.8, 4) is 5.75 Å². The third kappa shape index (κ3) is 7.44. The Balaban J connectivity index is 1.53. The molecule has 2 bridgehead atoms. The van der Waals surface area contributed by atoms with Crippen LogP contribution in [0.3, 0.4) is 0 Å². The van der Waals surface area contributed by atoms with Gasteiger partial charge in [-0.3, -0.25) is 9.69 Å². The smallest absolute Gasteiger partial charge is 0.251 e. The van der Waals surface area contributed by atoms with Crippen LogP contribution in [0.5, 0.6) is 5.75 Å². The van der Waals surface area contributed by atoms with Crippen molar-refractivity contribution in [1.82, 2.24) is 10.2 Å². The Kier molecular flexibility index (Phi) is 9.57. The normalized spacial score (nSPS) is 15.2. The van der Waals surface area contributed by atoms with E-state index in [1.165, 1.54) is 17.2 Å². The lowest BCUT2D eigenvalue weighted by Gasteiger charge is -2.26. The molecular weight excluding hydrogens is 475 g/mol. The highest BCUT2D eigenvalue weighted by atomic mass is 19.1. The number of hydrogen-bond acceptors (Lipinski definition) is 3. The predicted octanol–water partition coefficient (Wildman–Crippen LogP) is 6.90. The van der Waals surface area contributed by atoms with E-state index in [9.17, 15) is 9.18 Å². The molecule has 0 aliphatic carbocycles. The maximum Gasteiger partial charge on any atom is 0.251 e. The maximum atomic E-state index is 14.4. The number of fused-ring (bicyclic) bond motifs is 3. The minimum absolute atomic E-state index is 0.166. The number of nitrogens with one attached hydrogen (secondary N) is 1. The highest BCUT2D eigenvalue weighted by Crippen LogP contribution is 2.27. The average molecular weight is 517 g/mol. The second kappa shape index (κ2) is 13.1. The zero-order valence-electron chi connectivity index (χ0n) is 23.1. The lowest BCUT2D eigenvalue weighted by Crippen LogP contribution is -2.37. The van der Waals surface area contributed by atoms with Crippen LogP contribution in [0.15, 0.2) is 66.7 Å². The fraction of sp³-hybridized carbons (Fsp3) is 0.424. The molecule has 0 fully saturated rings. The summed E-state index contributed by atoms with van der Waals surface area (Å²) in [4.78, 5) is 15.7. The topological polar surface area (TPSA) is 41.6 Å². The standard InChI is InChI=1S/C33H41FN2O2/c1-4-17-36-18-8-5-9-19-38-31-16-15-27(22-28(31)21-25-11-10-12-26(20-25)23-36)32(37)35-24-33(2,3)29-13-6-7-14-30(29)34/h6-7,10-16,20,22H,4-5,8-9,17-19,21,23-24H2,1-3H3,(H,35,37). The number of ether oxygens (including phenoxy) is 1. The van der Waals surface area contributed by atoms with Crippen molar-refractivity contribution in [3.63, 3.8) is 0 Å². The van der Waals surface area contributed by atoms with E-state index in [0.717, 1.165) is 56.6 Å². The number of carbonyl (C=O) groups excluding carboxylic acids is 1. The van der Waals surface area contributed by atoms with E-state index < -0.39 is 5.41 Å². The van der Waals surface area contributed by atoms with Crippen molar-refractivity contribution in [1.29, 1.82) is 0 Å². The maximum absolute atomic E-state index is 14.4. The minimum atomic E-state index is -0.538. The SMILES string of the molecule is CCCN1CCCCCOc2ccc(C(=O)NCC(C)(C)c3ccccc3F)cc2Cc2cccc(c2)C1. The Bertz CT molecular complexity index is 1220. The number of halogens is 1. The molecule has 1 amide bonds. The first-order valence-electron chi connectivity index (χ1n) is 13.9. The number of carbonyl (C=O) groups is 1. The van der Waals surface area contributed by atoms with Crippen LogP contribution in [0, 0.1) is 5.82 Å². The largest absolute Gasteiger partial charge is 0.493 e. The van der Waals surface area contributed by atoms with Gasteiger partial charge in [0.05, 0.1) is 6.61 Å². The Morgan fingerprint density at radius 3 is 2.63 bits per heavy atom. The summed E-state index contributed by atoms with van der Waals surface area (Å²) in [5.74, 6) is 0.416. The number of rotatable bonds is 6. The van der Waals surface area contributed by atoms with Crippen molar-refractivity contribution in [3.05, 3.63) is 100 Å². The fourth-order valence-corrected chi connectivity index (χ4v) is 5.21. The molecule has 5 heteroatoms. The van der Waals surface area contributed by atoms with Crippen LogP contribution < -0.4 is 10.1 Å². The van der Waals surface area contributed by atoms with E-state index in [1.807, 2.05) is 38.1 Å². The van der Waals surface area contributed by atoms with E-state index >= 15 is 0 Å². The molecule has 202 valence electrons. The molecule has 0 saturated heterocycles. The molecular formula is C33H41FN2O2. The minimum Gasteiger partial charge on any atom is -0.493 e. The molecule has 0 radical (unpaired) electrons. The summed E-state index contributed by atoms with van der Waals surface area (Å²) in [6.07, 6.45) is 5.15. The van der Waals surface area contributed by atoms with Gasteiger partial charge in [0.25, 0.3) is 5.91 Å². The van der Waals surface area contributed by atoms with E-state index in [4.69, 9.17) is 4.74 Å². The van der Waals surface area contributed by atoms with Crippen LogP contribution in [0.25, 0.3) is 0 Å². The Morgan fingerprint density at radius 1 is 1.00 bits per heavy atom. The quantitative estimate of drug-likeness (QED) is 0.388. The molecule has 38 heavy (non-hydrogen) atoms. The van der Waals surface area contributed by atoms with Crippen LogP contribution in [0.4, 0.5) is 4.39 Å². The molecule has 0 unspecified atom stereocenters. The van der Waals surface area contributed by atoms with Gasteiger partial charge in [0.15, 0.2) is 0 Å². The van der Waals surface area contributed by atoms with Gasteiger partial charge in [-0.1, -0.05) is 63.2 Å². The Morgan fingerprint density at radius 2 is 1.82 bits per heavy atom. The summed E-state index contributed by atoms with van der Waals surface area (Å²) in [7, 11) is 0. The third-order valence-corrected chi connectivity index (χ3v) is 7.32. The van der Waals surface area contributed by atoms with Crippen LogP contribution >= 0.6 is 0 Å². The van der Waals surface area contributed by atoms with Gasteiger partial charge in [0, 0.05) is 30.5 Å². The number of nitrogens with zero attached hydrogens (tertiary/aromatic N) is 1. The van der Waals surface area contributed by atoms with E-state index in [0.29, 0.717) is 30.7 Å². The summed E-state index contributed by atoms with van der Waals surface area (Å²) in [6.45, 7) is 10.3. The van der Waals surface area contributed by atoms with Gasteiger partial charge >= 0.3 is 0 Å². The summed E-state index contributed by atoms with van der Waals surface area (Å²) in [6, 6.07) is 21.2. The summed E-state index contributed by atoms with van der Waals surface area (Å²) in [5, 5.41) is 3.03. The number of amides is 1. The van der Waals surface area contributed by atoms with Crippen molar-refractivity contribution < 1.29 is 13.9 Å². The second-order valence-electron chi connectivity index (χ2n) is 11.1. The molecule has 0 aromatic heterocycles. The van der Waals surface area contributed by atoms with E-state index in [1.54, 1.807) is 12.1 Å². The Hall–Kier alpha value is -3.18. The molecule has 0 saturated carbocycles. The molecule has 4 rings (SSSR count). The summed E-state index contributed by atoms with van der Waals surface area (Å²) < 4.78 is 20.6. The summed E-state index contributed by atoms with van der Waals surface area (Å²) >= 11 is 0. The van der Waals surface area contributed by atoms with Gasteiger partial charge < -0.3 is 10.1 Å². The first kappa shape index (κ1) is 27.8. The highest BCUT2D eigenvalue weighted by molar-refractivity contribution is 5.94. The van der Waals surface area contributed by atoms with Gasteiger partial charge in [-0.2, -0.15) is 0 Å². The molecule has 3 aromatic rings.